The topological polar surface area (TPSA) is 74.5 Å². The maximum atomic E-state index is 12.3. The third-order valence-electron chi connectivity index (χ3n) is 4.15. The lowest BCUT2D eigenvalue weighted by atomic mass is 10.1. The Bertz CT molecular complexity index is 916. The summed E-state index contributed by atoms with van der Waals surface area (Å²) in [6.07, 6.45) is -0.649. The van der Waals surface area contributed by atoms with Gasteiger partial charge in [0.05, 0.1) is 12.7 Å². The molecular weight excluding hydrogens is 332 g/mol. The summed E-state index contributed by atoms with van der Waals surface area (Å²) in [5.74, 6) is 0.915. The van der Waals surface area contributed by atoms with Crippen LogP contribution in [0.2, 0.25) is 0 Å². The van der Waals surface area contributed by atoms with E-state index in [0.717, 1.165) is 22.4 Å². The van der Waals surface area contributed by atoms with Crippen LogP contribution in [0.3, 0.4) is 0 Å². The van der Waals surface area contributed by atoms with E-state index in [1.165, 1.54) is 0 Å². The molecule has 0 bridgehead atoms. The monoisotopic (exact) mass is 352 g/mol. The van der Waals surface area contributed by atoms with E-state index in [2.05, 4.69) is 10.2 Å². The molecule has 0 saturated carbocycles. The first-order valence-corrected chi connectivity index (χ1v) is 8.24. The van der Waals surface area contributed by atoms with Crippen molar-refractivity contribution in [2.24, 2.45) is 0 Å². The van der Waals surface area contributed by atoms with E-state index in [4.69, 9.17) is 13.9 Å². The van der Waals surface area contributed by atoms with Gasteiger partial charge in [-0.05, 0) is 68.3 Å². The lowest BCUT2D eigenvalue weighted by molar-refractivity contribution is 0.0280. The molecule has 0 radical (unpaired) electrons. The number of methoxy groups -OCH3 is 1. The zero-order valence-electron chi connectivity index (χ0n) is 15.1. The van der Waals surface area contributed by atoms with Crippen molar-refractivity contribution < 1.29 is 18.7 Å². The Kier molecular flexibility index (Phi) is 5.02. The van der Waals surface area contributed by atoms with Gasteiger partial charge in [0.2, 0.25) is 5.89 Å². The quantitative estimate of drug-likeness (QED) is 0.638. The van der Waals surface area contributed by atoms with Gasteiger partial charge >= 0.3 is 5.97 Å². The highest BCUT2D eigenvalue weighted by Crippen LogP contribution is 2.25. The van der Waals surface area contributed by atoms with Gasteiger partial charge < -0.3 is 13.9 Å². The molecule has 134 valence electrons. The molecular formula is C20H20N2O4. The van der Waals surface area contributed by atoms with Gasteiger partial charge in [-0.1, -0.05) is 6.07 Å². The molecule has 0 unspecified atom stereocenters. The Morgan fingerprint density at radius 1 is 1.04 bits per heavy atom. The molecule has 0 amide bonds. The normalized spacial score (nSPS) is 11.8. The second-order valence-electron chi connectivity index (χ2n) is 6.02. The molecule has 1 atom stereocenters. The Hall–Kier alpha value is -3.15. The summed E-state index contributed by atoms with van der Waals surface area (Å²) in [6, 6.07) is 12.7. The number of hydrogen-bond donors (Lipinski definition) is 0. The number of carbonyl (C=O) groups is 1. The Labute approximate surface area is 151 Å². The zero-order valence-corrected chi connectivity index (χ0v) is 15.1. The van der Waals surface area contributed by atoms with Gasteiger partial charge in [0.15, 0.2) is 6.10 Å². The van der Waals surface area contributed by atoms with Crippen molar-refractivity contribution in [3.8, 4) is 17.2 Å². The minimum atomic E-state index is -0.649. The average Bonchev–Trinajstić information content (AvgIpc) is 3.14. The fourth-order valence-corrected chi connectivity index (χ4v) is 2.40. The first kappa shape index (κ1) is 17.7. The number of ether oxygens (including phenoxy) is 2. The van der Waals surface area contributed by atoms with Crippen LogP contribution in [0.5, 0.6) is 5.75 Å². The van der Waals surface area contributed by atoms with Gasteiger partial charge in [-0.15, -0.1) is 10.2 Å². The number of aryl methyl sites for hydroxylation is 2. The van der Waals surface area contributed by atoms with Crippen LogP contribution in [0.25, 0.3) is 11.5 Å². The molecule has 0 aliphatic heterocycles. The highest BCUT2D eigenvalue weighted by Gasteiger charge is 2.20. The fourth-order valence-electron chi connectivity index (χ4n) is 2.40. The van der Waals surface area contributed by atoms with Crippen molar-refractivity contribution in [2.45, 2.75) is 26.9 Å². The third kappa shape index (κ3) is 3.74. The average molecular weight is 352 g/mol. The van der Waals surface area contributed by atoms with Crippen LogP contribution >= 0.6 is 0 Å². The van der Waals surface area contributed by atoms with Crippen LogP contribution in [0.1, 0.15) is 40.4 Å². The van der Waals surface area contributed by atoms with Gasteiger partial charge in [-0.25, -0.2) is 4.79 Å². The molecule has 0 aliphatic carbocycles. The molecule has 1 aromatic heterocycles. The largest absolute Gasteiger partial charge is 0.497 e. The lowest BCUT2D eigenvalue weighted by Gasteiger charge is -2.10. The minimum Gasteiger partial charge on any atom is -0.497 e. The van der Waals surface area contributed by atoms with Crippen molar-refractivity contribution in [3.05, 3.63) is 65.0 Å². The molecule has 2 aromatic carbocycles. The molecule has 0 fully saturated rings. The molecule has 6 nitrogen and oxygen atoms in total. The second-order valence-corrected chi connectivity index (χ2v) is 6.02. The van der Waals surface area contributed by atoms with Gasteiger partial charge in [0, 0.05) is 5.56 Å². The smallest absolute Gasteiger partial charge is 0.338 e. The summed E-state index contributed by atoms with van der Waals surface area (Å²) in [4.78, 5) is 12.3. The maximum Gasteiger partial charge on any atom is 0.338 e. The molecule has 0 N–H and O–H groups in total. The lowest BCUT2D eigenvalue weighted by Crippen LogP contribution is -2.10. The molecule has 6 heteroatoms. The maximum absolute atomic E-state index is 12.3. The first-order chi connectivity index (χ1) is 12.5. The Morgan fingerprint density at radius 2 is 1.77 bits per heavy atom. The van der Waals surface area contributed by atoms with Crippen LogP contribution in [0, 0.1) is 13.8 Å². The van der Waals surface area contributed by atoms with Crippen LogP contribution in [0.15, 0.2) is 46.9 Å². The standard InChI is InChI=1S/C20H20N2O4/c1-12-5-6-16(11-13(12)2)20(23)25-14(3)18-21-22-19(26-18)15-7-9-17(24-4)10-8-15/h5-11,14H,1-4H3/t14-/m1/s1. The Balaban J connectivity index is 1.71. The summed E-state index contributed by atoms with van der Waals surface area (Å²) in [5, 5.41) is 8.01. The summed E-state index contributed by atoms with van der Waals surface area (Å²) in [6.45, 7) is 5.64. The molecule has 3 aromatic rings. The zero-order chi connectivity index (χ0) is 18.7. The van der Waals surface area contributed by atoms with E-state index in [1.54, 1.807) is 26.2 Å². The molecule has 0 saturated heterocycles. The second kappa shape index (κ2) is 7.39. The van der Waals surface area contributed by atoms with E-state index in [-0.39, 0.29) is 5.89 Å². The molecule has 3 rings (SSSR count). The van der Waals surface area contributed by atoms with Crippen molar-refractivity contribution in [1.82, 2.24) is 10.2 Å². The number of benzene rings is 2. The van der Waals surface area contributed by atoms with Crippen molar-refractivity contribution >= 4 is 5.97 Å². The number of aromatic nitrogens is 2. The third-order valence-corrected chi connectivity index (χ3v) is 4.15. The van der Waals surface area contributed by atoms with Crippen molar-refractivity contribution in [1.29, 1.82) is 0 Å². The van der Waals surface area contributed by atoms with Crippen molar-refractivity contribution in [3.63, 3.8) is 0 Å². The summed E-state index contributed by atoms with van der Waals surface area (Å²) in [5.41, 5.74) is 3.41. The first-order valence-electron chi connectivity index (χ1n) is 8.24. The molecule has 0 spiro atoms. The Morgan fingerprint density at radius 3 is 2.42 bits per heavy atom. The van der Waals surface area contributed by atoms with E-state index < -0.39 is 12.1 Å². The van der Waals surface area contributed by atoms with E-state index in [9.17, 15) is 4.79 Å². The molecule has 1 heterocycles. The highest BCUT2D eigenvalue weighted by molar-refractivity contribution is 5.89. The molecule has 26 heavy (non-hydrogen) atoms. The van der Waals surface area contributed by atoms with Crippen LogP contribution in [0.4, 0.5) is 0 Å². The van der Waals surface area contributed by atoms with Gasteiger partial charge in [0.25, 0.3) is 5.89 Å². The van der Waals surface area contributed by atoms with Crippen LogP contribution in [-0.4, -0.2) is 23.3 Å². The van der Waals surface area contributed by atoms with E-state index >= 15 is 0 Å². The SMILES string of the molecule is COc1ccc(-c2nnc([C@@H](C)OC(=O)c3ccc(C)c(C)c3)o2)cc1. The van der Waals surface area contributed by atoms with Gasteiger partial charge in [0.1, 0.15) is 5.75 Å². The predicted molar refractivity (Wildman–Crippen MR) is 96.0 cm³/mol. The van der Waals surface area contributed by atoms with Crippen LogP contribution in [-0.2, 0) is 4.74 Å². The number of hydrogen-bond acceptors (Lipinski definition) is 6. The summed E-state index contributed by atoms with van der Waals surface area (Å²) in [7, 11) is 1.60. The number of esters is 1. The van der Waals surface area contributed by atoms with E-state index in [0.29, 0.717) is 11.5 Å². The minimum absolute atomic E-state index is 0.244. The summed E-state index contributed by atoms with van der Waals surface area (Å²) < 4.78 is 16.2. The van der Waals surface area contributed by atoms with Crippen molar-refractivity contribution in [2.75, 3.05) is 7.11 Å². The number of rotatable bonds is 5. The highest BCUT2D eigenvalue weighted by atomic mass is 16.6. The van der Waals surface area contributed by atoms with E-state index in [1.807, 2.05) is 44.2 Å². The summed E-state index contributed by atoms with van der Waals surface area (Å²) >= 11 is 0. The predicted octanol–water partition coefficient (Wildman–Crippen LogP) is 4.28. The number of nitrogens with zero attached hydrogens (tertiary/aromatic N) is 2. The van der Waals surface area contributed by atoms with Gasteiger partial charge in [-0.3, -0.25) is 0 Å². The van der Waals surface area contributed by atoms with Crippen LogP contribution < -0.4 is 4.74 Å². The number of carbonyl (C=O) groups excluding carboxylic acids is 1. The van der Waals surface area contributed by atoms with Gasteiger partial charge in [-0.2, -0.15) is 0 Å². The molecule has 0 aliphatic rings. The fraction of sp³-hybridized carbons (Fsp3) is 0.250.